The van der Waals surface area contributed by atoms with Crippen molar-refractivity contribution in [3.63, 3.8) is 0 Å². The van der Waals surface area contributed by atoms with Crippen molar-refractivity contribution >= 4 is 23.4 Å². The monoisotopic (exact) mass is 406 g/mol. The van der Waals surface area contributed by atoms with E-state index < -0.39 is 0 Å². The van der Waals surface area contributed by atoms with Crippen LogP contribution in [0.3, 0.4) is 0 Å². The van der Waals surface area contributed by atoms with Crippen molar-refractivity contribution in [3.8, 4) is 0 Å². The first-order valence-electron chi connectivity index (χ1n) is 10.6. The molecule has 2 aromatic rings. The Bertz CT molecular complexity index is 943. The summed E-state index contributed by atoms with van der Waals surface area (Å²) < 4.78 is 0. The Labute approximate surface area is 178 Å². The number of hydrogen-bond acceptors (Lipinski definition) is 6. The number of hydrogen-bond donors (Lipinski definition) is 2. The van der Waals surface area contributed by atoms with E-state index in [9.17, 15) is 4.79 Å². The summed E-state index contributed by atoms with van der Waals surface area (Å²) >= 11 is 0. The highest BCUT2D eigenvalue weighted by Crippen LogP contribution is 2.24. The van der Waals surface area contributed by atoms with Crippen LogP contribution in [0, 0.1) is 6.92 Å². The average molecular weight is 407 g/mol. The van der Waals surface area contributed by atoms with Gasteiger partial charge >= 0.3 is 0 Å². The number of aromatic nitrogens is 2. The first-order chi connectivity index (χ1) is 14.5. The minimum atomic E-state index is -0.0122. The third-order valence-electron chi connectivity index (χ3n) is 5.89. The fourth-order valence-electron chi connectivity index (χ4n) is 4.17. The van der Waals surface area contributed by atoms with Crippen molar-refractivity contribution in [2.75, 3.05) is 37.3 Å². The number of fused-ring (bicyclic) bond motifs is 1. The number of piperidine rings is 1. The Morgan fingerprint density at radius 2 is 2.17 bits per heavy atom. The molecule has 7 nitrogen and oxygen atoms in total. The number of rotatable bonds is 5. The molecule has 0 aliphatic carbocycles. The number of anilines is 3. The molecule has 1 atom stereocenters. The van der Waals surface area contributed by atoms with Gasteiger partial charge < -0.3 is 20.4 Å². The molecule has 30 heavy (non-hydrogen) atoms. The van der Waals surface area contributed by atoms with Crippen LogP contribution in [0.25, 0.3) is 0 Å². The van der Waals surface area contributed by atoms with Gasteiger partial charge in [0.25, 0.3) is 0 Å². The van der Waals surface area contributed by atoms with Crippen LogP contribution in [0.15, 0.2) is 37.1 Å². The lowest BCUT2D eigenvalue weighted by atomic mass is 9.99. The van der Waals surface area contributed by atoms with E-state index >= 15 is 0 Å². The Morgan fingerprint density at radius 3 is 3.00 bits per heavy atom. The Hall–Kier alpha value is -2.93. The van der Waals surface area contributed by atoms with Crippen molar-refractivity contribution in [1.82, 2.24) is 19.8 Å². The zero-order chi connectivity index (χ0) is 21.1. The Balaban J connectivity index is 1.46. The number of nitrogens with one attached hydrogen (secondary N) is 2. The predicted molar refractivity (Wildman–Crippen MR) is 120 cm³/mol. The van der Waals surface area contributed by atoms with Crippen LogP contribution >= 0.6 is 0 Å². The lowest BCUT2D eigenvalue weighted by Crippen LogP contribution is -2.44. The maximum atomic E-state index is 12.0. The van der Waals surface area contributed by atoms with Gasteiger partial charge in [-0.25, -0.2) is 4.98 Å². The summed E-state index contributed by atoms with van der Waals surface area (Å²) in [6, 6.07) is 6.66. The smallest absolute Gasteiger partial charge is 0.246 e. The number of amides is 1. The molecule has 4 rings (SSSR count). The van der Waals surface area contributed by atoms with Crippen LogP contribution in [0.5, 0.6) is 0 Å². The van der Waals surface area contributed by atoms with E-state index in [1.165, 1.54) is 17.2 Å². The van der Waals surface area contributed by atoms with Crippen LogP contribution in [0.1, 0.15) is 29.5 Å². The van der Waals surface area contributed by atoms with Crippen LogP contribution in [-0.4, -0.2) is 58.4 Å². The summed E-state index contributed by atoms with van der Waals surface area (Å²) in [6.45, 7) is 9.12. The topological polar surface area (TPSA) is 73.4 Å². The van der Waals surface area contributed by atoms with Crippen molar-refractivity contribution in [1.29, 1.82) is 0 Å². The number of likely N-dealkylation sites (N-methyl/N-ethyl adjacent to an activating group) is 1. The summed E-state index contributed by atoms with van der Waals surface area (Å²) in [5.41, 5.74) is 4.77. The zero-order valence-corrected chi connectivity index (χ0v) is 17.8. The molecule has 2 aliphatic heterocycles. The van der Waals surface area contributed by atoms with Gasteiger partial charge in [0.05, 0.1) is 0 Å². The standard InChI is InChI=1S/C23H30N6O/c1-4-21(30)29-10-5-6-20(15-29)25-22-16(2)13-24-23(27-22)26-19-8-7-18-14-28(3)11-9-17(18)12-19/h4,7-8,12-13,20H,1,5-6,9-11,14-15H2,2-3H3,(H2,24,25,26,27). The second-order valence-corrected chi connectivity index (χ2v) is 8.29. The number of carbonyl (C=O) groups excluding carboxylic acids is 1. The minimum Gasteiger partial charge on any atom is -0.365 e. The molecule has 0 radical (unpaired) electrons. The normalized spacial score (nSPS) is 19.1. The third-order valence-corrected chi connectivity index (χ3v) is 5.89. The molecule has 3 heterocycles. The zero-order valence-electron chi connectivity index (χ0n) is 17.8. The molecule has 1 unspecified atom stereocenters. The maximum absolute atomic E-state index is 12.0. The Kier molecular flexibility index (Phi) is 5.99. The molecular formula is C23H30N6O. The fraction of sp³-hybridized carbons (Fsp3) is 0.435. The first kappa shape index (κ1) is 20.3. The molecule has 7 heteroatoms. The summed E-state index contributed by atoms with van der Waals surface area (Å²) in [6.07, 6.45) is 6.26. The third kappa shape index (κ3) is 4.62. The predicted octanol–water partition coefficient (Wildman–Crippen LogP) is 3.11. The van der Waals surface area contributed by atoms with Gasteiger partial charge in [0.1, 0.15) is 5.82 Å². The van der Waals surface area contributed by atoms with Crippen LogP contribution in [0.2, 0.25) is 0 Å². The highest BCUT2D eigenvalue weighted by molar-refractivity contribution is 5.87. The Morgan fingerprint density at radius 1 is 1.30 bits per heavy atom. The molecule has 0 bridgehead atoms. The summed E-state index contributed by atoms with van der Waals surface area (Å²) in [7, 11) is 2.16. The van der Waals surface area contributed by atoms with E-state index in [2.05, 4.69) is 52.3 Å². The molecule has 1 saturated heterocycles. The molecule has 1 amide bonds. The highest BCUT2D eigenvalue weighted by Gasteiger charge is 2.23. The van der Waals surface area contributed by atoms with Gasteiger partial charge in [0.2, 0.25) is 11.9 Å². The number of aryl methyl sites for hydroxylation is 1. The van der Waals surface area contributed by atoms with Crippen molar-refractivity contribution in [2.45, 2.75) is 38.8 Å². The molecule has 1 aromatic heterocycles. The van der Waals surface area contributed by atoms with Gasteiger partial charge in [-0.05, 0) is 62.6 Å². The molecule has 2 N–H and O–H groups in total. The van der Waals surface area contributed by atoms with Crippen molar-refractivity contribution in [2.24, 2.45) is 0 Å². The first-order valence-corrected chi connectivity index (χ1v) is 10.6. The number of likely N-dealkylation sites (tertiary alicyclic amines) is 1. The van der Waals surface area contributed by atoms with Gasteiger partial charge in [-0.2, -0.15) is 4.98 Å². The van der Waals surface area contributed by atoms with Gasteiger partial charge in [0.15, 0.2) is 0 Å². The van der Waals surface area contributed by atoms with Crippen molar-refractivity contribution in [3.05, 3.63) is 53.7 Å². The lowest BCUT2D eigenvalue weighted by molar-refractivity contribution is -0.127. The van der Waals surface area contributed by atoms with E-state index in [0.29, 0.717) is 12.5 Å². The molecule has 2 aliphatic rings. The SMILES string of the molecule is C=CC(=O)N1CCCC(Nc2nc(Nc3ccc4c(c3)CCN(C)C4)ncc2C)C1. The van der Waals surface area contributed by atoms with Gasteiger partial charge in [0, 0.05) is 49.7 Å². The second kappa shape index (κ2) is 8.83. The van der Waals surface area contributed by atoms with E-state index in [1.807, 2.05) is 18.0 Å². The quantitative estimate of drug-likeness (QED) is 0.744. The molecular weight excluding hydrogens is 376 g/mol. The van der Waals surface area contributed by atoms with Gasteiger partial charge in [-0.1, -0.05) is 12.6 Å². The van der Waals surface area contributed by atoms with Crippen molar-refractivity contribution < 1.29 is 4.79 Å². The maximum Gasteiger partial charge on any atom is 0.246 e. The number of carbonyl (C=O) groups is 1. The van der Waals surface area contributed by atoms with E-state index in [0.717, 1.165) is 56.0 Å². The average Bonchev–Trinajstić information content (AvgIpc) is 2.76. The minimum absolute atomic E-state index is 0.0122. The molecule has 1 fully saturated rings. The van der Waals surface area contributed by atoms with E-state index in [-0.39, 0.29) is 11.9 Å². The van der Waals surface area contributed by atoms with E-state index in [4.69, 9.17) is 4.98 Å². The largest absolute Gasteiger partial charge is 0.365 e. The molecule has 1 aromatic carbocycles. The number of nitrogens with zero attached hydrogens (tertiary/aromatic N) is 4. The molecule has 0 spiro atoms. The summed E-state index contributed by atoms with van der Waals surface area (Å²) in [4.78, 5) is 25.3. The molecule has 0 saturated carbocycles. The summed E-state index contributed by atoms with van der Waals surface area (Å²) in [5.74, 6) is 1.37. The summed E-state index contributed by atoms with van der Waals surface area (Å²) in [5, 5.41) is 6.87. The van der Waals surface area contributed by atoms with Gasteiger partial charge in [-0.3, -0.25) is 4.79 Å². The highest BCUT2D eigenvalue weighted by atomic mass is 16.2. The van der Waals surface area contributed by atoms with Crippen LogP contribution < -0.4 is 10.6 Å². The van der Waals surface area contributed by atoms with Gasteiger partial charge in [-0.15, -0.1) is 0 Å². The van der Waals surface area contributed by atoms with E-state index in [1.54, 1.807) is 0 Å². The second-order valence-electron chi connectivity index (χ2n) is 8.29. The lowest BCUT2D eigenvalue weighted by Gasteiger charge is -2.33. The van der Waals surface area contributed by atoms with Crippen LogP contribution in [-0.2, 0) is 17.8 Å². The van der Waals surface area contributed by atoms with Crippen LogP contribution in [0.4, 0.5) is 17.5 Å². The fourth-order valence-corrected chi connectivity index (χ4v) is 4.17. The molecule has 158 valence electrons. The number of benzene rings is 1.